The number of rotatable bonds is 5. The number of benzene rings is 1. The first-order chi connectivity index (χ1) is 14.1. The molecule has 2 aromatic rings. The third-order valence-corrected chi connectivity index (χ3v) is 5.60. The Labute approximate surface area is 169 Å². The van der Waals surface area contributed by atoms with Gasteiger partial charge < -0.3 is 19.5 Å². The number of para-hydroxylation sites is 1. The van der Waals surface area contributed by atoms with Crippen molar-refractivity contribution in [2.24, 2.45) is 0 Å². The highest BCUT2D eigenvalue weighted by atomic mass is 19.1. The lowest BCUT2D eigenvalue weighted by Crippen LogP contribution is -2.57. The van der Waals surface area contributed by atoms with E-state index < -0.39 is 6.04 Å². The zero-order chi connectivity index (χ0) is 20.2. The zero-order valence-electron chi connectivity index (χ0n) is 16.2. The summed E-state index contributed by atoms with van der Waals surface area (Å²) in [6, 6.07) is 8.06. The molecule has 1 N–H and O–H groups in total. The summed E-state index contributed by atoms with van der Waals surface area (Å²) in [5, 5.41) is 2.86. The largest absolute Gasteiger partial charge is 0.472 e. The molecule has 1 aromatic heterocycles. The van der Waals surface area contributed by atoms with Crippen LogP contribution in [-0.2, 0) is 16.1 Å². The molecule has 4 rings (SSSR count). The number of nitrogens with one attached hydrogen (secondary N) is 1. The van der Waals surface area contributed by atoms with Gasteiger partial charge in [0.05, 0.1) is 30.7 Å². The molecule has 29 heavy (non-hydrogen) atoms. The number of hydrogen-bond acceptors (Lipinski definition) is 5. The second-order valence-corrected chi connectivity index (χ2v) is 7.43. The van der Waals surface area contributed by atoms with Crippen molar-refractivity contribution in [1.82, 2.24) is 15.1 Å². The van der Waals surface area contributed by atoms with E-state index in [4.69, 9.17) is 4.42 Å². The summed E-state index contributed by atoms with van der Waals surface area (Å²) in [5.41, 5.74) is 1.55. The van der Waals surface area contributed by atoms with E-state index in [1.165, 1.54) is 6.07 Å². The molecule has 2 aliphatic rings. The summed E-state index contributed by atoms with van der Waals surface area (Å²) in [7, 11) is 0. The SMILES string of the molecule is O=C1NCCN(Cc2ccoc2)[C@H]1CC(=O)N1CCN(c2ccccc2F)CC1. The van der Waals surface area contributed by atoms with Gasteiger partial charge in [0.25, 0.3) is 0 Å². The highest BCUT2D eigenvalue weighted by molar-refractivity contribution is 5.89. The van der Waals surface area contributed by atoms with Gasteiger partial charge in [0.2, 0.25) is 11.8 Å². The summed E-state index contributed by atoms with van der Waals surface area (Å²) in [6.07, 6.45) is 3.41. The Bertz CT molecular complexity index is 849. The molecule has 0 saturated carbocycles. The smallest absolute Gasteiger partial charge is 0.237 e. The van der Waals surface area contributed by atoms with Crippen LogP contribution in [0.1, 0.15) is 12.0 Å². The van der Waals surface area contributed by atoms with Crippen LogP contribution in [0.15, 0.2) is 47.3 Å². The van der Waals surface area contributed by atoms with Gasteiger partial charge in [-0.1, -0.05) is 12.1 Å². The van der Waals surface area contributed by atoms with Gasteiger partial charge in [-0.15, -0.1) is 0 Å². The molecule has 0 radical (unpaired) electrons. The van der Waals surface area contributed by atoms with Crippen LogP contribution in [0.3, 0.4) is 0 Å². The lowest BCUT2D eigenvalue weighted by Gasteiger charge is -2.38. The number of amides is 2. The number of nitrogens with zero attached hydrogens (tertiary/aromatic N) is 3. The number of piperazine rings is 2. The van der Waals surface area contributed by atoms with Crippen molar-refractivity contribution in [3.8, 4) is 0 Å². The molecule has 1 aromatic carbocycles. The first kappa shape index (κ1) is 19.4. The van der Waals surface area contributed by atoms with Gasteiger partial charge in [-0.3, -0.25) is 14.5 Å². The van der Waals surface area contributed by atoms with Crippen molar-refractivity contribution < 1.29 is 18.4 Å². The van der Waals surface area contributed by atoms with Crippen molar-refractivity contribution in [3.05, 3.63) is 54.2 Å². The average Bonchev–Trinajstić information content (AvgIpc) is 3.24. The molecular formula is C21H25FN4O3. The lowest BCUT2D eigenvalue weighted by molar-refractivity contribution is -0.139. The number of carbonyl (C=O) groups excluding carboxylic acids is 2. The summed E-state index contributed by atoms with van der Waals surface area (Å²) in [5.74, 6) is -0.406. The molecule has 2 fully saturated rings. The molecule has 2 aliphatic heterocycles. The summed E-state index contributed by atoms with van der Waals surface area (Å²) < 4.78 is 19.1. The van der Waals surface area contributed by atoms with Gasteiger partial charge in [0.15, 0.2) is 0 Å². The van der Waals surface area contributed by atoms with Gasteiger partial charge in [-0.25, -0.2) is 4.39 Å². The molecule has 0 aliphatic carbocycles. The molecule has 0 spiro atoms. The van der Waals surface area contributed by atoms with Crippen LogP contribution >= 0.6 is 0 Å². The van der Waals surface area contributed by atoms with Gasteiger partial charge in [0.1, 0.15) is 5.82 Å². The quantitative estimate of drug-likeness (QED) is 0.823. The molecule has 7 nitrogen and oxygen atoms in total. The Kier molecular flexibility index (Phi) is 5.80. The second-order valence-electron chi connectivity index (χ2n) is 7.43. The van der Waals surface area contributed by atoms with E-state index in [-0.39, 0.29) is 24.1 Å². The fourth-order valence-electron chi connectivity index (χ4n) is 3.99. The van der Waals surface area contributed by atoms with E-state index in [0.29, 0.717) is 51.5 Å². The van der Waals surface area contributed by atoms with Crippen LogP contribution in [0.2, 0.25) is 0 Å². The zero-order valence-corrected chi connectivity index (χ0v) is 16.2. The number of hydrogen-bond donors (Lipinski definition) is 1. The van der Waals surface area contributed by atoms with E-state index in [1.54, 1.807) is 29.6 Å². The van der Waals surface area contributed by atoms with Gasteiger partial charge in [0, 0.05) is 51.4 Å². The predicted octanol–water partition coefficient (Wildman–Crippen LogP) is 1.46. The minimum absolute atomic E-state index is 0.0440. The van der Waals surface area contributed by atoms with Crippen molar-refractivity contribution >= 4 is 17.5 Å². The van der Waals surface area contributed by atoms with E-state index >= 15 is 0 Å². The number of anilines is 1. The maximum atomic E-state index is 14.0. The van der Waals surface area contributed by atoms with E-state index in [0.717, 1.165) is 5.56 Å². The molecular weight excluding hydrogens is 375 g/mol. The minimum atomic E-state index is -0.490. The topological polar surface area (TPSA) is 69.0 Å². The van der Waals surface area contributed by atoms with Crippen LogP contribution < -0.4 is 10.2 Å². The molecule has 0 bridgehead atoms. The Balaban J connectivity index is 1.35. The highest BCUT2D eigenvalue weighted by Crippen LogP contribution is 2.21. The van der Waals surface area contributed by atoms with E-state index in [1.807, 2.05) is 21.9 Å². The first-order valence-electron chi connectivity index (χ1n) is 9.92. The van der Waals surface area contributed by atoms with Crippen LogP contribution in [0.4, 0.5) is 10.1 Å². The lowest BCUT2D eigenvalue weighted by atomic mass is 10.1. The Morgan fingerprint density at radius 1 is 1.14 bits per heavy atom. The third kappa shape index (κ3) is 4.42. The maximum Gasteiger partial charge on any atom is 0.237 e. The normalized spacial score (nSPS) is 20.6. The van der Waals surface area contributed by atoms with Crippen molar-refractivity contribution in [2.45, 2.75) is 19.0 Å². The summed E-state index contributed by atoms with van der Waals surface area (Å²) in [6.45, 7) is 4.01. The number of furan rings is 1. The average molecular weight is 400 g/mol. The molecule has 1 atom stereocenters. The van der Waals surface area contributed by atoms with E-state index in [9.17, 15) is 14.0 Å². The first-order valence-corrected chi connectivity index (χ1v) is 9.92. The minimum Gasteiger partial charge on any atom is -0.472 e. The van der Waals surface area contributed by atoms with Gasteiger partial charge in [-0.2, -0.15) is 0 Å². The molecule has 8 heteroatoms. The van der Waals surface area contributed by atoms with Crippen molar-refractivity contribution in [1.29, 1.82) is 0 Å². The molecule has 2 amide bonds. The van der Waals surface area contributed by atoms with E-state index in [2.05, 4.69) is 5.32 Å². The Hall–Kier alpha value is -2.87. The monoisotopic (exact) mass is 400 g/mol. The fourth-order valence-corrected chi connectivity index (χ4v) is 3.99. The number of halogens is 1. The van der Waals surface area contributed by atoms with Crippen molar-refractivity contribution in [3.63, 3.8) is 0 Å². The number of carbonyl (C=O) groups is 2. The molecule has 3 heterocycles. The van der Waals surface area contributed by atoms with Crippen LogP contribution in [0, 0.1) is 5.82 Å². The Morgan fingerprint density at radius 2 is 1.93 bits per heavy atom. The van der Waals surface area contributed by atoms with Gasteiger partial charge >= 0.3 is 0 Å². The second kappa shape index (κ2) is 8.65. The standard InChI is InChI=1S/C21H25FN4O3/c22-17-3-1-2-4-18(17)24-8-10-25(11-9-24)20(27)13-19-21(28)23-6-7-26(19)14-16-5-12-29-15-16/h1-5,12,15,19H,6-11,13-14H2,(H,23,28)/t19-/m0/s1. The molecule has 2 saturated heterocycles. The predicted molar refractivity (Wildman–Crippen MR) is 106 cm³/mol. The highest BCUT2D eigenvalue weighted by Gasteiger charge is 2.34. The van der Waals surface area contributed by atoms with Crippen LogP contribution in [0.5, 0.6) is 0 Å². The van der Waals surface area contributed by atoms with Crippen molar-refractivity contribution in [2.75, 3.05) is 44.2 Å². The molecule has 0 unspecified atom stereocenters. The third-order valence-electron chi connectivity index (χ3n) is 5.60. The summed E-state index contributed by atoms with van der Waals surface area (Å²) in [4.78, 5) is 31.1. The van der Waals surface area contributed by atoms with Gasteiger partial charge in [-0.05, 0) is 18.2 Å². The fraction of sp³-hybridized carbons (Fsp3) is 0.429. The van der Waals surface area contributed by atoms with Crippen LogP contribution in [0.25, 0.3) is 0 Å². The Morgan fingerprint density at radius 3 is 2.66 bits per heavy atom. The summed E-state index contributed by atoms with van der Waals surface area (Å²) >= 11 is 0. The maximum absolute atomic E-state index is 14.0. The molecule has 154 valence electrons. The van der Waals surface area contributed by atoms with Crippen LogP contribution in [-0.4, -0.2) is 66.9 Å².